The zero-order valence-electron chi connectivity index (χ0n) is 16.5. The van der Waals surface area contributed by atoms with Crippen LogP contribution in [0, 0.1) is 12.7 Å². The lowest BCUT2D eigenvalue weighted by molar-refractivity contribution is 0.0428. The third kappa shape index (κ3) is 8.05. The number of furan rings is 1. The average Bonchev–Trinajstić information content (AvgIpc) is 3.08. The number of guanidine groups is 1. The van der Waals surface area contributed by atoms with Crippen molar-refractivity contribution < 1.29 is 18.7 Å². The van der Waals surface area contributed by atoms with Crippen molar-refractivity contribution in [1.82, 2.24) is 10.6 Å². The van der Waals surface area contributed by atoms with Crippen LogP contribution in [0.1, 0.15) is 31.8 Å². The normalized spacial score (nSPS) is 13.4. The largest absolute Gasteiger partial charge is 0.494 e. The molecule has 28 heavy (non-hydrogen) atoms. The second kappa shape index (κ2) is 11.9. The molecule has 1 unspecified atom stereocenters. The molecule has 1 atom stereocenters. The minimum absolute atomic E-state index is 0. The van der Waals surface area contributed by atoms with Gasteiger partial charge in [-0.25, -0.2) is 9.38 Å². The monoisotopic (exact) mass is 505 g/mol. The summed E-state index contributed by atoms with van der Waals surface area (Å²) in [7, 11) is 0. The fraction of sp³-hybridized carbons (Fsp3) is 0.450. The van der Waals surface area contributed by atoms with Crippen molar-refractivity contribution in [3.63, 3.8) is 0 Å². The van der Waals surface area contributed by atoms with Crippen LogP contribution >= 0.6 is 24.0 Å². The van der Waals surface area contributed by atoms with E-state index in [4.69, 9.17) is 9.15 Å². The van der Waals surface area contributed by atoms with E-state index in [-0.39, 0.29) is 36.3 Å². The van der Waals surface area contributed by atoms with Gasteiger partial charge in [-0.3, -0.25) is 0 Å². The summed E-state index contributed by atoms with van der Waals surface area (Å²) in [6.07, 6.45) is 0.746. The molecule has 0 amide bonds. The van der Waals surface area contributed by atoms with E-state index in [9.17, 15) is 9.50 Å². The van der Waals surface area contributed by atoms with Crippen LogP contribution in [0.2, 0.25) is 0 Å². The summed E-state index contributed by atoms with van der Waals surface area (Å²) in [5, 5.41) is 16.9. The molecule has 0 fully saturated rings. The molecule has 156 valence electrons. The summed E-state index contributed by atoms with van der Waals surface area (Å²) >= 11 is 0. The summed E-state index contributed by atoms with van der Waals surface area (Å²) in [6, 6.07) is 9.53. The second-order valence-electron chi connectivity index (χ2n) is 6.46. The number of nitrogens with one attached hydrogen (secondary N) is 2. The van der Waals surface area contributed by atoms with Crippen LogP contribution < -0.4 is 15.4 Å². The van der Waals surface area contributed by atoms with E-state index in [0.717, 1.165) is 12.2 Å². The molecule has 3 N–H and O–H groups in total. The molecule has 1 heterocycles. The van der Waals surface area contributed by atoms with E-state index in [1.54, 1.807) is 25.1 Å². The highest BCUT2D eigenvalue weighted by Gasteiger charge is 2.26. The van der Waals surface area contributed by atoms with Crippen molar-refractivity contribution in [3.05, 3.63) is 53.7 Å². The summed E-state index contributed by atoms with van der Waals surface area (Å²) < 4.78 is 23.9. The van der Waals surface area contributed by atoms with Crippen molar-refractivity contribution in [1.29, 1.82) is 0 Å². The Morgan fingerprint density at radius 1 is 1.21 bits per heavy atom. The van der Waals surface area contributed by atoms with Crippen molar-refractivity contribution in [3.8, 4) is 5.75 Å². The molecule has 2 aromatic rings. The van der Waals surface area contributed by atoms with E-state index >= 15 is 0 Å². The van der Waals surface area contributed by atoms with Gasteiger partial charge in [0.2, 0.25) is 0 Å². The number of benzene rings is 1. The molecule has 0 aliphatic rings. The predicted molar refractivity (Wildman–Crippen MR) is 119 cm³/mol. The number of ether oxygens (including phenoxy) is 1. The molecule has 1 aromatic carbocycles. The molecule has 1 aromatic heterocycles. The highest BCUT2D eigenvalue weighted by molar-refractivity contribution is 14.0. The Labute approximate surface area is 182 Å². The minimum Gasteiger partial charge on any atom is -0.494 e. The Balaban J connectivity index is 0.00000392. The van der Waals surface area contributed by atoms with E-state index in [1.165, 1.54) is 12.1 Å². The van der Waals surface area contributed by atoms with Gasteiger partial charge in [-0.1, -0.05) is 0 Å². The van der Waals surface area contributed by atoms with Gasteiger partial charge in [0.1, 0.15) is 28.7 Å². The molecule has 6 nitrogen and oxygen atoms in total. The number of aliphatic imine (C=N–C) groups is 1. The van der Waals surface area contributed by atoms with Gasteiger partial charge in [-0.05, 0) is 63.6 Å². The first kappa shape index (κ1) is 24.2. The Kier molecular flexibility index (Phi) is 10.3. The Morgan fingerprint density at radius 3 is 2.54 bits per heavy atom. The smallest absolute Gasteiger partial charge is 0.191 e. The molecule has 0 aliphatic carbocycles. The van der Waals surface area contributed by atoms with Gasteiger partial charge in [-0.2, -0.15) is 0 Å². The van der Waals surface area contributed by atoms with Gasteiger partial charge >= 0.3 is 0 Å². The molecule has 0 bridgehead atoms. The molecule has 2 rings (SSSR count). The van der Waals surface area contributed by atoms with Crippen LogP contribution in [0.3, 0.4) is 0 Å². The van der Waals surface area contributed by atoms with Gasteiger partial charge in [0.25, 0.3) is 0 Å². The molecule has 0 saturated heterocycles. The van der Waals surface area contributed by atoms with Crippen LogP contribution in [0.15, 0.2) is 45.8 Å². The summed E-state index contributed by atoms with van der Waals surface area (Å²) in [5.74, 6) is 2.22. The van der Waals surface area contributed by atoms with Gasteiger partial charge < -0.3 is 24.9 Å². The summed E-state index contributed by atoms with van der Waals surface area (Å²) in [6.45, 7) is 7.51. The van der Waals surface area contributed by atoms with Gasteiger partial charge in [-0.15, -0.1) is 24.0 Å². The van der Waals surface area contributed by atoms with Crippen LogP contribution in [0.4, 0.5) is 4.39 Å². The average molecular weight is 505 g/mol. The fourth-order valence-corrected chi connectivity index (χ4v) is 2.38. The minimum atomic E-state index is -1.18. The highest BCUT2D eigenvalue weighted by Crippen LogP contribution is 2.23. The van der Waals surface area contributed by atoms with E-state index < -0.39 is 5.60 Å². The number of nitrogens with zero attached hydrogens (tertiary/aromatic N) is 1. The zero-order chi connectivity index (χ0) is 19.7. The number of aliphatic hydroxyl groups is 1. The molecule has 0 radical (unpaired) electrons. The molecule has 0 saturated carbocycles. The molecular formula is C20H29FIN3O3. The first-order valence-electron chi connectivity index (χ1n) is 9.10. The molecule has 0 aliphatic heterocycles. The first-order valence-corrected chi connectivity index (χ1v) is 9.10. The predicted octanol–water partition coefficient (Wildman–Crippen LogP) is 3.58. The number of halogens is 2. The molecular weight excluding hydrogens is 476 g/mol. The van der Waals surface area contributed by atoms with Crippen LogP contribution in [0.5, 0.6) is 5.75 Å². The van der Waals surface area contributed by atoms with Crippen molar-refractivity contribution >= 4 is 29.9 Å². The van der Waals surface area contributed by atoms with Crippen LogP contribution in [-0.4, -0.2) is 37.3 Å². The van der Waals surface area contributed by atoms with Crippen molar-refractivity contribution in [2.45, 2.75) is 32.8 Å². The number of hydrogen-bond donors (Lipinski definition) is 3. The molecule has 0 spiro atoms. The fourth-order valence-electron chi connectivity index (χ4n) is 2.38. The maximum absolute atomic E-state index is 12.8. The standard InChI is InChI=1S/C20H28FN3O3.HI/c1-4-22-19(24-14-20(3,25)18-11-6-15(2)27-18)23-12-5-13-26-17-9-7-16(21)8-10-17;/h6-11,25H,4-5,12-14H2,1-3H3,(H2,22,23,24);1H. The first-order chi connectivity index (χ1) is 12.9. The van der Waals surface area contributed by atoms with E-state index in [1.807, 2.05) is 19.9 Å². The zero-order valence-corrected chi connectivity index (χ0v) is 18.8. The SMILES string of the molecule is CCNC(=NCC(C)(O)c1ccc(C)o1)NCCCOc1ccc(F)cc1.I. The van der Waals surface area contributed by atoms with E-state index in [0.29, 0.717) is 37.2 Å². The maximum atomic E-state index is 12.8. The number of aryl methyl sites for hydroxylation is 1. The van der Waals surface area contributed by atoms with Crippen LogP contribution in [-0.2, 0) is 5.60 Å². The molecule has 8 heteroatoms. The van der Waals surface area contributed by atoms with Crippen molar-refractivity contribution in [2.75, 3.05) is 26.2 Å². The quantitative estimate of drug-likeness (QED) is 0.210. The second-order valence-corrected chi connectivity index (χ2v) is 6.46. The van der Waals surface area contributed by atoms with E-state index in [2.05, 4.69) is 15.6 Å². The third-order valence-electron chi connectivity index (χ3n) is 3.86. The summed E-state index contributed by atoms with van der Waals surface area (Å²) in [5.41, 5.74) is -1.18. The number of hydrogen-bond acceptors (Lipinski definition) is 4. The Morgan fingerprint density at radius 2 is 1.93 bits per heavy atom. The third-order valence-corrected chi connectivity index (χ3v) is 3.86. The van der Waals surface area contributed by atoms with Gasteiger partial charge in [0.05, 0.1) is 13.2 Å². The van der Waals surface area contributed by atoms with Crippen molar-refractivity contribution in [2.24, 2.45) is 4.99 Å². The van der Waals surface area contributed by atoms with Crippen LogP contribution in [0.25, 0.3) is 0 Å². The topological polar surface area (TPSA) is 79.0 Å². The Hall–Kier alpha value is -1.81. The van der Waals surface area contributed by atoms with Gasteiger partial charge in [0, 0.05) is 13.1 Å². The lowest BCUT2D eigenvalue weighted by Gasteiger charge is -2.19. The lowest BCUT2D eigenvalue weighted by Crippen LogP contribution is -2.39. The lowest BCUT2D eigenvalue weighted by atomic mass is 10.0. The number of rotatable bonds is 9. The van der Waals surface area contributed by atoms with Gasteiger partial charge in [0.15, 0.2) is 5.96 Å². The highest BCUT2D eigenvalue weighted by atomic mass is 127. The summed E-state index contributed by atoms with van der Waals surface area (Å²) in [4.78, 5) is 4.44. The maximum Gasteiger partial charge on any atom is 0.191 e. The Bertz CT molecular complexity index is 733.